The summed E-state index contributed by atoms with van der Waals surface area (Å²) in [7, 11) is -4.51. The standard InChI is InChI=1S/C38H71O9P/c1-3-5-7-9-11-13-15-17-18-19-20-22-24-26-28-30-38(41)47-37(35-46-48(42,43)45-33-36(40)32-39)34-44-31-29-27-25-23-21-16-14-12-10-8-6-4-2/h5,7,11,13,17-18,36-37,39-40H,3-4,6,8-10,12,14-16,19-35H2,1-2H3,(H,42,43)/b7-5-,13-11-,18-17-. The Hall–Kier alpha value is -1.32. The zero-order valence-corrected chi connectivity index (χ0v) is 31.3. The van der Waals surface area contributed by atoms with Crippen molar-refractivity contribution in [3.63, 3.8) is 0 Å². The fourth-order valence-electron chi connectivity index (χ4n) is 4.96. The number of aliphatic hydroxyl groups is 2. The second-order valence-corrected chi connectivity index (χ2v) is 14.0. The van der Waals surface area contributed by atoms with Crippen molar-refractivity contribution in [2.24, 2.45) is 0 Å². The Morgan fingerprint density at radius 3 is 1.79 bits per heavy atom. The van der Waals surface area contributed by atoms with Gasteiger partial charge in [-0.25, -0.2) is 4.57 Å². The lowest BCUT2D eigenvalue weighted by atomic mass is 10.1. The predicted octanol–water partition coefficient (Wildman–Crippen LogP) is 9.69. The first kappa shape index (κ1) is 46.7. The molecule has 0 aromatic heterocycles. The summed E-state index contributed by atoms with van der Waals surface area (Å²) in [5.74, 6) is -0.400. The molecule has 0 spiro atoms. The Balaban J connectivity index is 4.27. The van der Waals surface area contributed by atoms with Crippen LogP contribution in [0.2, 0.25) is 0 Å². The Morgan fingerprint density at radius 1 is 0.667 bits per heavy atom. The smallest absolute Gasteiger partial charge is 0.457 e. The minimum atomic E-state index is -4.51. The van der Waals surface area contributed by atoms with Gasteiger partial charge < -0.3 is 24.6 Å². The second kappa shape index (κ2) is 35.5. The highest BCUT2D eigenvalue weighted by molar-refractivity contribution is 7.47. The van der Waals surface area contributed by atoms with E-state index in [-0.39, 0.29) is 19.6 Å². The molecule has 3 N–H and O–H groups in total. The number of phosphoric acid groups is 1. The van der Waals surface area contributed by atoms with Gasteiger partial charge in [-0.2, -0.15) is 0 Å². The maximum atomic E-state index is 12.5. The molecule has 0 aromatic carbocycles. The van der Waals surface area contributed by atoms with Crippen LogP contribution in [0.25, 0.3) is 0 Å². The van der Waals surface area contributed by atoms with Crippen molar-refractivity contribution >= 4 is 13.8 Å². The van der Waals surface area contributed by atoms with Crippen LogP contribution in [0.4, 0.5) is 0 Å². The Labute approximate surface area is 293 Å². The molecule has 3 unspecified atom stereocenters. The number of phosphoric ester groups is 1. The number of carbonyl (C=O) groups excluding carboxylic acids is 1. The number of hydrogen-bond donors (Lipinski definition) is 3. The van der Waals surface area contributed by atoms with Crippen molar-refractivity contribution in [1.29, 1.82) is 0 Å². The first-order chi connectivity index (χ1) is 23.3. The molecule has 10 heteroatoms. The summed E-state index contributed by atoms with van der Waals surface area (Å²) in [5.41, 5.74) is 0. The van der Waals surface area contributed by atoms with Gasteiger partial charge in [0.15, 0.2) is 0 Å². The van der Waals surface area contributed by atoms with E-state index in [1.54, 1.807) is 0 Å². The van der Waals surface area contributed by atoms with E-state index < -0.39 is 39.2 Å². The van der Waals surface area contributed by atoms with Crippen molar-refractivity contribution in [1.82, 2.24) is 0 Å². The van der Waals surface area contributed by atoms with Crippen LogP contribution in [0.15, 0.2) is 36.5 Å². The molecule has 0 aromatic rings. The quantitative estimate of drug-likeness (QED) is 0.0253. The summed E-state index contributed by atoms with van der Waals surface area (Å²) in [4.78, 5) is 22.5. The van der Waals surface area contributed by atoms with Crippen molar-refractivity contribution in [3.8, 4) is 0 Å². The Bertz CT molecular complexity index is 846. The Morgan fingerprint density at radius 2 is 1.19 bits per heavy atom. The van der Waals surface area contributed by atoms with Gasteiger partial charge in [-0.05, 0) is 44.9 Å². The predicted molar refractivity (Wildman–Crippen MR) is 196 cm³/mol. The van der Waals surface area contributed by atoms with E-state index in [2.05, 4.69) is 50.3 Å². The number of allylic oxidation sites excluding steroid dienone is 6. The molecule has 0 bridgehead atoms. The zero-order chi connectivity index (χ0) is 35.4. The largest absolute Gasteiger partial charge is 0.472 e. The molecule has 282 valence electrons. The van der Waals surface area contributed by atoms with Crippen LogP contribution in [-0.2, 0) is 27.9 Å². The molecule has 0 rings (SSSR count). The van der Waals surface area contributed by atoms with Crippen LogP contribution in [0.1, 0.15) is 155 Å². The molecule has 0 radical (unpaired) electrons. The molecule has 3 atom stereocenters. The summed E-state index contributed by atoms with van der Waals surface area (Å²) in [6.45, 7) is 3.37. The summed E-state index contributed by atoms with van der Waals surface area (Å²) in [6.07, 6.45) is 35.3. The van der Waals surface area contributed by atoms with Gasteiger partial charge in [-0.3, -0.25) is 13.8 Å². The number of unbranched alkanes of at least 4 members (excludes halogenated alkanes) is 16. The van der Waals surface area contributed by atoms with E-state index in [4.69, 9.17) is 23.6 Å². The van der Waals surface area contributed by atoms with Crippen LogP contribution >= 0.6 is 7.82 Å². The lowest BCUT2D eigenvalue weighted by Gasteiger charge is -2.20. The van der Waals surface area contributed by atoms with Gasteiger partial charge in [0, 0.05) is 13.0 Å². The fourth-order valence-corrected chi connectivity index (χ4v) is 5.75. The summed E-state index contributed by atoms with van der Waals surface area (Å²) in [5, 5.41) is 18.3. The summed E-state index contributed by atoms with van der Waals surface area (Å²) < 4.78 is 33.2. The van der Waals surface area contributed by atoms with Crippen LogP contribution < -0.4 is 0 Å². The van der Waals surface area contributed by atoms with E-state index in [0.717, 1.165) is 70.6 Å². The van der Waals surface area contributed by atoms with Gasteiger partial charge in [0.05, 0.1) is 26.4 Å². The highest BCUT2D eigenvalue weighted by Crippen LogP contribution is 2.43. The first-order valence-electron chi connectivity index (χ1n) is 19.0. The maximum Gasteiger partial charge on any atom is 0.472 e. The van der Waals surface area contributed by atoms with Crippen LogP contribution in [-0.4, -0.2) is 66.3 Å². The normalized spacial score (nSPS) is 14.7. The van der Waals surface area contributed by atoms with Crippen molar-refractivity contribution < 1.29 is 43.0 Å². The third kappa shape index (κ3) is 34.5. The van der Waals surface area contributed by atoms with Gasteiger partial charge in [-0.15, -0.1) is 0 Å². The van der Waals surface area contributed by atoms with E-state index in [1.807, 2.05) is 0 Å². The van der Waals surface area contributed by atoms with Gasteiger partial charge in [-0.1, -0.05) is 140 Å². The first-order valence-corrected chi connectivity index (χ1v) is 20.5. The third-order valence-corrected chi connectivity index (χ3v) is 8.79. The van der Waals surface area contributed by atoms with E-state index in [0.29, 0.717) is 13.0 Å². The third-order valence-electron chi connectivity index (χ3n) is 7.84. The number of carbonyl (C=O) groups is 1. The molecule has 9 nitrogen and oxygen atoms in total. The number of aliphatic hydroxyl groups excluding tert-OH is 2. The lowest BCUT2D eigenvalue weighted by molar-refractivity contribution is -0.154. The van der Waals surface area contributed by atoms with Crippen LogP contribution in [0.3, 0.4) is 0 Å². The van der Waals surface area contributed by atoms with Crippen molar-refractivity contribution in [2.75, 3.05) is 33.0 Å². The molecule has 0 amide bonds. The SMILES string of the molecule is CC/C=C\C/C=C\C/C=C\CCCCCCCC(=O)OC(COCCCCCCCCCCCCCC)COP(=O)(O)OCC(O)CO. The second-order valence-electron chi connectivity index (χ2n) is 12.6. The van der Waals surface area contributed by atoms with E-state index in [1.165, 1.54) is 57.8 Å². The monoisotopic (exact) mass is 702 g/mol. The van der Waals surface area contributed by atoms with E-state index >= 15 is 0 Å². The van der Waals surface area contributed by atoms with Crippen molar-refractivity contribution in [3.05, 3.63) is 36.5 Å². The Kier molecular flexibility index (Phi) is 34.5. The zero-order valence-electron chi connectivity index (χ0n) is 30.4. The van der Waals surface area contributed by atoms with Crippen molar-refractivity contribution in [2.45, 2.75) is 167 Å². The molecule has 0 saturated heterocycles. The average Bonchev–Trinajstić information content (AvgIpc) is 3.07. The molecule has 0 saturated carbocycles. The number of rotatable bonds is 36. The molecule has 0 aliphatic rings. The molecular formula is C38H71O9P. The topological polar surface area (TPSA) is 132 Å². The number of esters is 1. The average molecular weight is 703 g/mol. The van der Waals surface area contributed by atoms with Gasteiger partial charge in [0.25, 0.3) is 0 Å². The summed E-state index contributed by atoms with van der Waals surface area (Å²) in [6, 6.07) is 0. The van der Waals surface area contributed by atoms with Crippen LogP contribution in [0, 0.1) is 0 Å². The number of ether oxygens (including phenoxy) is 2. The van der Waals surface area contributed by atoms with Gasteiger partial charge >= 0.3 is 13.8 Å². The fraction of sp³-hybridized carbons (Fsp3) is 0.816. The highest BCUT2D eigenvalue weighted by atomic mass is 31.2. The minimum absolute atomic E-state index is 0.0439. The highest BCUT2D eigenvalue weighted by Gasteiger charge is 2.26. The van der Waals surface area contributed by atoms with E-state index in [9.17, 15) is 19.4 Å². The molecular weight excluding hydrogens is 631 g/mol. The van der Waals surface area contributed by atoms with Crippen LogP contribution in [0.5, 0.6) is 0 Å². The molecule has 0 heterocycles. The molecule has 0 aliphatic carbocycles. The maximum absolute atomic E-state index is 12.5. The minimum Gasteiger partial charge on any atom is -0.457 e. The number of hydrogen-bond acceptors (Lipinski definition) is 8. The molecule has 0 aliphatic heterocycles. The lowest BCUT2D eigenvalue weighted by Crippen LogP contribution is -2.29. The van der Waals surface area contributed by atoms with Gasteiger partial charge in [0.2, 0.25) is 0 Å². The molecule has 0 fully saturated rings. The summed E-state index contributed by atoms with van der Waals surface area (Å²) >= 11 is 0. The molecule has 48 heavy (non-hydrogen) atoms. The van der Waals surface area contributed by atoms with Gasteiger partial charge in [0.1, 0.15) is 12.2 Å².